The highest BCUT2D eigenvalue weighted by Gasteiger charge is 2.20. The Bertz CT molecular complexity index is 761. The van der Waals surface area contributed by atoms with Crippen molar-refractivity contribution in [3.63, 3.8) is 0 Å². The summed E-state index contributed by atoms with van der Waals surface area (Å²) < 4.78 is 0. The fourth-order valence-electron chi connectivity index (χ4n) is 3.60. The van der Waals surface area contributed by atoms with Crippen molar-refractivity contribution in [3.05, 3.63) is 51.7 Å². The van der Waals surface area contributed by atoms with Gasteiger partial charge in [0.1, 0.15) is 0 Å². The van der Waals surface area contributed by atoms with E-state index in [0.29, 0.717) is 6.04 Å². The molecule has 2 heterocycles. The molecule has 1 saturated heterocycles. The van der Waals surface area contributed by atoms with Crippen LogP contribution in [0.4, 0.5) is 5.69 Å². The SMILES string of the molecule is CN=C(NCc1ccc(N(C)C)cc1C)NC1CCN(Cc2ccsc2)CC1. The van der Waals surface area contributed by atoms with E-state index in [1.807, 2.05) is 7.05 Å². The number of anilines is 1. The topological polar surface area (TPSA) is 42.9 Å². The summed E-state index contributed by atoms with van der Waals surface area (Å²) in [5.41, 5.74) is 5.28. The van der Waals surface area contributed by atoms with Crippen LogP contribution in [-0.2, 0) is 13.1 Å². The second-order valence-electron chi connectivity index (χ2n) is 7.76. The molecule has 0 unspecified atom stereocenters. The van der Waals surface area contributed by atoms with E-state index in [-0.39, 0.29) is 0 Å². The zero-order valence-electron chi connectivity index (χ0n) is 17.5. The van der Waals surface area contributed by atoms with Gasteiger partial charge in [-0.25, -0.2) is 0 Å². The lowest BCUT2D eigenvalue weighted by Crippen LogP contribution is -2.48. The summed E-state index contributed by atoms with van der Waals surface area (Å²) in [6.07, 6.45) is 2.31. The first kappa shape index (κ1) is 20.7. The first-order chi connectivity index (χ1) is 13.5. The summed E-state index contributed by atoms with van der Waals surface area (Å²) in [5, 5.41) is 11.5. The molecule has 152 valence electrons. The molecule has 0 aliphatic carbocycles. The van der Waals surface area contributed by atoms with Crippen molar-refractivity contribution in [2.24, 2.45) is 4.99 Å². The number of hydrogen-bond acceptors (Lipinski definition) is 4. The summed E-state index contributed by atoms with van der Waals surface area (Å²) in [6, 6.07) is 9.32. The van der Waals surface area contributed by atoms with Crippen LogP contribution in [0, 0.1) is 6.92 Å². The molecule has 1 aliphatic heterocycles. The first-order valence-electron chi connectivity index (χ1n) is 10.0. The monoisotopic (exact) mass is 399 g/mol. The molecule has 5 nitrogen and oxygen atoms in total. The van der Waals surface area contributed by atoms with Crippen molar-refractivity contribution in [1.29, 1.82) is 0 Å². The smallest absolute Gasteiger partial charge is 0.191 e. The fraction of sp³-hybridized carbons (Fsp3) is 0.500. The number of nitrogens with zero attached hydrogens (tertiary/aromatic N) is 3. The van der Waals surface area contributed by atoms with Gasteiger partial charge in [-0.05, 0) is 65.4 Å². The molecule has 0 atom stereocenters. The second-order valence-corrected chi connectivity index (χ2v) is 8.54. The zero-order valence-corrected chi connectivity index (χ0v) is 18.4. The molecule has 1 aromatic carbocycles. The quantitative estimate of drug-likeness (QED) is 0.577. The van der Waals surface area contributed by atoms with Gasteiger partial charge in [0.05, 0.1) is 0 Å². The summed E-state index contributed by atoms with van der Waals surface area (Å²) >= 11 is 1.78. The number of piperidine rings is 1. The van der Waals surface area contributed by atoms with Crippen molar-refractivity contribution in [2.75, 3.05) is 39.1 Å². The van der Waals surface area contributed by atoms with Crippen LogP contribution < -0.4 is 15.5 Å². The lowest BCUT2D eigenvalue weighted by molar-refractivity contribution is 0.198. The molecule has 0 spiro atoms. The highest BCUT2D eigenvalue weighted by atomic mass is 32.1. The maximum atomic E-state index is 4.43. The van der Waals surface area contributed by atoms with Crippen LogP contribution >= 0.6 is 11.3 Å². The van der Waals surface area contributed by atoms with E-state index in [1.165, 1.54) is 22.4 Å². The zero-order chi connectivity index (χ0) is 19.9. The predicted octanol–water partition coefficient (Wildman–Crippen LogP) is 3.45. The van der Waals surface area contributed by atoms with Gasteiger partial charge in [-0.1, -0.05) is 6.07 Å². The van der Waals surface area contributed by atoms with Crippen LogP contribution in [0.3, 0.4) is 0 Å². The lowest BCUT2D eigenvalue weighted by Gasteiger charge is -2.33. The number of aliphatic imine (C=N–C) groups is 1. The number of hydrogen-bond donors (Lipinski definition) is 2. The molecule has 28 heavy (non-hydrogen) atoms. The van der Waals surface area contributed by atoms with Gasteiger partial charge in [0.2, 0.25) is 0 Å². The van der Waals surface area contributed by atoms with Gasteiger partial charge in [-0.3, -0.25) is 9.89 Å². The summed E-state index contributed by atoms with van der Waals surface area (Å²) in [6.45, 7) is 6.30. The summed E-state index contributed by atoms with van der Waals surface area (Å²) in [7, 11) is 6.00. The van der Waals surface area contributed by atoms with Gasteiger partial charge >= 0.3 is 0 Å². The normalized spacial score (nSPS) is 16.2. The van der Waals surface area contributed by atoms with E-state index >= 15 is 0 Å². The van der Waals surface area contributed by atoms with E-state index in [4.69, 9.17) is 0 Å². The molecule has 0 amide bonds. The van der Waals surface area contributed by atoms with Crippen LogP contribution in [0.5, 0.6) is 0 Å². The van der Waals surface area contributed by atoms with Gasteiger partial charge < -0.3 is 15.5 Å². The summed E-state index contributed by atoms with van der Waals surface area (Å²) in [4.78, 5) is 9.11. The third-order valence-corrected chi connectivity index (χ3v) is 6.16. The van der Waals surface area contributed by atoms with Crippen LogP contribution in [-0.4, -0.2) is 51.1 Å². The maximum absolute atomic E-state index is 4.43. The molecule has 6 heteroatoms. The molecule has 1 aliphatic rings. The third kappa shape index (κ3) is 5.72. The molecule has 0 saturated carbocycles. The third-order valence-electron chi connectivity index (χ3n) is 5.43. The van der Waals surface area contributed by atoms with Gasteiger partial charge in [0, 0.05) is 59.1 Å². The van der Waals surface area contributed by atoms with Crippen LogP contribution in [0.1, 0.15) is 29.5 Å². The Hall–Kier alpha value is -2.05. The number of aryl methyl sites for hydroxylation is 1. The molecule has 0 radical (unpaired) electrons. The number of rotatable bonds is 6. The molecule has 3 rings (SSSR count). The Morgan fingerprint density at radius 2 is 2.04 bits per heavy atom. The van der Waals surface area contributed by atoms with Crippen molar-refractivity contribution in [2.45, 2.75) is 38.9 Å². The standard InChI is InChI=1S/C22H33N5S/c1-17-13-21(26(3)4)6-5-19(17)14-24-22(23-2)25-20-7-10-27(11-8-20)15-18-9-12-28-16-18/h5-6,9,12-13,16,20H,7-8,10-11,14-15H2,1-4H3,(H2,23,24,25). The minimum atomic E-state index is 0.488. The minimum absolute atomic E-state index is 0.488. The largest absolute Gasteiger partial charge is 0.378 e. The Morgan fingerprint density at radius 3 is 2.64 bits per heavy atom. The van der Waals surface area contributed by atoms with Crippen LogP contribution in [0.25, 0.3) is 0 Å². The predicted molar refractivity (Wildman–Crippen MR) is 121 cm³/mol. The number of guanidine groups is 1. The summed E-state index contributed by atoms with van der Waals surface area (Å²) in [5.74, 6) is 0.896. The van der Waals surface area contributed by atoms with Crippen LogP contribution in [0.2, 0.25) is 0 Å². The Kier molecular flexibility index (Phi) is 7.34. The van der Waals surface area contributed by atoms with Gasteiger partial charge in [0.15, 0.2) is 5.96 Å². The highest BCUT2D eigenvalue weighted by molar-refractivity contribution is 7.07. The minimum Gasteiger partial charge on any atom is -0.378 e. The number of benzene rings is 1. The number of thiophene rings is 1. The van der Waals surface area contributed by atoms with E-state index in [1.54, 1.807) is 11.3 Å². The average Bonchev–Trinajstić information content (AvgIpc) is 3.20. The molecule has 1 fully saturated rings. The lowest BCUT2D eigenvalue weighted by atomic mass is 10.0. The van der Waals surface area contributed by atoms with Gasteiger partial charge in [-0.15, -0.1) is 0 Å². The average molecular weight is 400 g/mol. The fourth-order valence-corrected chi connectivity index (χ4v) is 4.26. The van der Waals surface area contributed by atoms with E-state index in [9.17, 15) is 0 Å². The molecular weight excluding hydrogens is 366 g/mol. The molecule has 2 N–H and O–H groups in total. The van der Waals surface area contributed by atoms with Crippen LogP contribution in [0.15, 0.2) is 40.0 Å². The van der Waals surface area contributed by atoms with Crippen molar-refractivity contribution in [3.8, 4) is 0 Å². The second kappa shape index (κ2) is 9.94. The van der Waals surface area contributed by atoms with E-state index in [0.717, 1.165) is 45.0 Å². The molecule has 2 aromatic rings. The molecular formula is C22H33N5S. The number of likely N-dealkylation sites (tertiary alicyclic amines) is 1. The van der Waals surface area contributed by atoms with E-state index in [2.05, 4.69) is 81.5 Å². The Balaban J connectivity index is 1.45. The van der Waals surface area contributed by atoms with Crippen molar-refractivity contribution in [1.82, 2.24) is 15.5 Å². The van der Waals surface area contributed by atoms with Gasteiger partial charge in [0.25, 0.3) is 0 Å². The van der Waals surface area contributed by atoms with Gasteiger partial charge in [-0.2, -0.15) is 11.3 Å². The van der Waals surface area contributed by atoms with Crippen molar-refractivity contribution < 1.29 is 0 Å². The highest BCUT2D eigenvalue weighted by Crippen LogP contribution is 2.18. The number of nitrogens with one attached hydrogen (secondary N) is 2. The van der Waals surface area contributed by atoms with Crippen molar-refractivity contribution >= 4 is 23.0 Å². The maximum Gasteiger partial charge on any atom is 0.191 e. The molecule has 0 bridgehead atoms. The Labute approximate surface area is 173 Å². The van der Waals surface area contributed by atoms with E-state index < -0.39 is 0 Å². The molecule has 1 aromatic heterocycles. The first-order valence-corrected chi connectivity index (χ1v) is 11.0. The Morgan fingerprint density at radius 1 is 1.25 bits per heavy atom.